The van der Waals surface area contributed by atoms with Crippen molar-refractivity contribution in [1.82, 2.24) is 0 Å². The smallest absolute Gasteiger partial charge is 0.191 e. The molecule has 2 fully saturated rings. The van der Waals surface area contributed by atoms with Crippen LogP contribution in [0.3, 0.4) is 0 Å². The third kappa shape index (κ3) is 0.622. The highest BCUT2D eigenvalue weighted by Gasteiger charge is 2.72. The molecule has 3 unspecified atom stereocenters. The van der Waals surface area contributed by atoms with Crippen molar-refractivity contribution in [2.75, 3.05) is 0 Å². The van der Waals surface area contributed by atoms with Gasteiger partial charge in [-0.05, 0) is 12.8 Å². The lowest BCUT2D eigenvalue weighted by Gasteiger charge is -2.27. The molecule has 2 aliphatic rings. The summed E-state index contributed by atoms with van der Waals surface area (Å²) in [5, 5.41) is 27.2. The molecule has 2 bridgehead atoms. The summed E-state index contributed by atoms with van der Waals surface area (Å²) in [5.41, 5.74) is 3.13. The van der Waals surface area contributed by atoms with E-state index in [4.69, 9.17) is 26.3 Å². The van der Waals surface area contributed by atoms with Crippen molar-refractivity contribution in [3.63, 3.8) is 0 Å². The summed E-state index contributed by atoms with van der Waals surface area (Å²) >= 11 is 0. The van der Waals surface area contributed by atoms with E-state index >= 15 is 0 Å². The van der Waals surface area contributed by atoms with Crippen molar-refractivity contribution in [2.24, 2.45) is 16.6 Å². The average molecular weight is 188 g/mol. The molecule has 0 amide bonds. The molecule has 14 heavy (non-hydrogen) atoms. The van der Waals surface area contributed by atoms with Crippen LogP contribution in [0.2, 0.25) is 0 Å². The zero-order chi connectivity index (χ0) is 10.4. The van der Waals surface area contributed by atoms with E-state index in [-0.39, 0.29) is 0 Å². The molecule has 0 spiro atoms. The Hall–Kier alpha value is -1.61. The minimum absolute atomic E-state index is 0.469. The Morgan fingerprint density at radius 2 is 1.86 bits per heavy atom. The molecule has 1 aliphatic heterocycles. The second-order valence-corrected chi connectivity index (χ2v) is 3.70. The molecule has 1 heterocycles. The van der Waals surface area contributed by atoms with E-state index in [9.17, 15) is 0 Å². The van der Waals surface area contributed by atoms with Crippen molar-refractivity contribution in [3.05, 3.63) is 0 Å². The third-order valence-electron chi connectivity index (χ3n) is 3.34. The SMILES string of the molecule is N#CC1(C#N)C2CCC1(C#N)C(N)O2. The van der Waals surface area contributed by atoms with Gasteiger partial charge in [-0.25, -0.2) is 0 Å². The first kappa shape index (κ1) is 8.97. The van der Waals surface area contributed by atoms with Crippen molar-refractivity contribution >= 4 is 0 Å². The predicted molar refractivity (Wildman–Crippen MR) is 43.8 cm³/mol. The highest BCUT2D eigenvalue weighted by molar-refractivity contribution is 5.37. The van der Waals surface area contributed by atoms with Crippen LogP contribution in [0.4, 0.5) is 0 Å². The van der Waals surface area contributed by atoms with Gasteiger partial charge in [-0.2, -0.15) is 15.8 Å². The van der Waals surface area contributed by atoms with E-state index in [1.807, 2.05) is 18.2 Å². The molecule has 1 saturated heterocycles. The van der Waals surface area contributed by atoms with Crippen LogP contribution in [0.25, 0.3) is 0 Å². The number of ether oxygens (including phenoxy) is 1. The van der Waals surface area contributed by atoms with Gasteiger partial charge in [0.2, 0.25) is 0 Å². The van der Waals surface area contributed by atoms with Crippen LogP contribution in [0, 0.1) is 44.8 Å². The molecule has 2 N–H and O–H groups in total. The van der Waals surface area contributed by atoms with Crippen LogP contribution >= 0.6 is 0 Å². The third-order valence-corrected chi connectivity index (χ3v) is 3.34. The van der Waals surface area contributed by atoms with Crippen molar-refractivity contribution in [3.8, 4) is 18.2 Å². The van der Waals surface area contributed by atoms with Gasteiger partial charge >= 0.3 is 0 Å². The Morgan fingerprint density at radius 1 is 1.21 bits per heavy atom. The minimum Gasteiger partial charge on any atom is -0.356 e. The maximum atomic E-state index is 9.10. The number of nitrogens with zero attached hydrogens (tertiary/aromatic N) is 3. The lowest BCUT2D eigenvalue weighted by Crippen LogP contribution is -2.44. The molecular weight excluding hydrogens is 180 g/mol. The number of nitrogens with two attached hydrogens (primary N) is 1. The van der Waals surface area contributed by atoms with Gasteiger partial charge in [0.1, 0.15) is 11.6 Å². The molecular formula is C9H8N4O. The van der Waals surface area contributed by atoms with Gasteiger partial charge in [0.05, 0.1) is 24.3 Å². The monoisotopic (exact) mass is 188 g/mol. The maximum Gasteiger partial charge on any atom is 0.191 e. The number of hydrogen-bond acceptors (Lipinski definition) is 5. The predicted octanol–water partition coefficient (Wildman–Crippen LogP) is 0.00734. The molecule has 70 valence electrons. The van der Waals surface area contributed by atoms with E-state index in [0.717, 1.165) is 0 Å². The molecule has 0 aromatic heterocycles. The summed E-state index contributed by atoms with van der Waals surface area (Å²) < 4.78 is 5.26. The van der Waals surface area contributed by atoms with Gasteiger partial charge in [0.25, 0.3) is 0 Å². The van der Waals surface area contributed by atoms with E-state index in [1.54, 1.807) is 0 Å². The number of nitriles is 3. The summed E-state index contributed by atoms with van der Waals surface area (Å²) in [7, 11) is 0. The van der Waals surface area contributed by atoms with Crippen LogP contribution in [-0.4, -0.2) is 12.3 Å². The quantitative estimate of drug-likeness (QED) is 0.576. The Morgan fingerprint density at radius 3 is 2.21 bits per heavy atom. The topological polar surface area (TPSA) is 107 Å². The van der Waals surface area contributed by atoms with Gasteiger partial charge in [-0.3, -0.25) is 0 Å². The number of rotatable bonds is 0. The summed E-state index contributed by atoms with van der Waals surface area (Å²) in [6.45, 7) is 0. The Bertz CT molecular complexity index is 385. The first-order valence-electron chi connectivity index (χ1n) is 4.31. The highest BCUT2D eigenvalue weighted by atomic mass is 16.5. The van der Waals surface area contributed by atoms with Gasteiger partial charge < -0.3 is 10.5 Å². The second kappa shape index (κ2) is 2.45. The zero-order valence-corrected chi connectivity index (χ0v) is 7.40. The summed E-state index contributed by atoms with van der Waals surface area (Å²) in [6.07, 6.45) is -0.295. The first-order valence-corrected chi connectivity index (χ1v) is 4.31. The van der Waals surface area contributed by atoms with E-state index in [2.05, 4.69) is 0 Å². The lowest BCUT2D eigenvalue weighted by atomic mass is 9.68. The van der Waals surface area contributed by atoms with Crippen LogP contribution < -0.4 is 5.73 Å². The van der Waals surface area contributed by atoms with Crippen molar-refractivity contribution < 1.29 is 4.74 Å². The van der Waals surface area contributed by atoms with Crippen LogP contribution in [0.1, 0.15) is 12.8 Å². The molecule has 5 nitrogen and oxygen atoms in total. The summed E-state index contributed by atoms with van der Waals surface area (Å²) in [4.78, 5) is 0. The van der Waals surface area contributed by atoms with E-state index in [1.165, 1.54) is 0 Å². The molecule has 1 saturated carbocycles. The molecule has 0 aromatic carbocycles. The largest absolute Gasteiger partial charge is 0.356 e. The number of hydrogen-bond donors (Lipinski definition) is 1. The first-order chi connectivity index (χ1) is 6.66. The maximum absolute atomic E-state index is 9.10. The fourth-order valence-corrected chi connectivity index (χ4v) is 2.47. The van der Waals surface area contributed by atoms with Crippen LogP contribution in [0.5, 0.6) is 0 Å². The van der Waals surface area contributed by atoms with Gasteiger partial charge in [-0.1, -0.05) is 0 Å². The molecule has 2 rings (SSSR count). The second-order valence-electron chi connectivity index (χ2n) is 3.70. The fraction of sp³-hybridized carbons (Fsp3) is 0.667. The summed E-state index contributed by atoms with van der Waals surface area (Å²) in [5.74, 6) is 0. The van der Waals surface area contributed by atoms with Gasteiger partial charge in [-0.15, -0.1) is 0 Å². The molecule has 3 atom stereocenters. The van der Waals surface area contributed by atoms with Crippen LogP contribution in [-0.2, 0) is 4.74 Å². The normalized spacial score (nSPS) is 42.4. The van der Waals surface area contributed by atoms with Gasteiger partial charge in [0, 0.05) is 0 Å². The van der Waals surface area contributed by atoms with Crippen molar-refractivity contribution in [1.29, 1.82) is 15.8 Å². The molecule has 1 aliphatic carbocycles. The minimum atomic E-state index is -1.37. The van der Waals surface area contributed by atoms with Gasteiger partial charge in [0.15, 0.2) is 5.41 Å². The van der Waals surface area contributed by atoms with Crippen molar-refractivity contribution in [2.45, 2.75) is 25.2 Å². The Kier molecular flexibility index (Phi) is 1.57. The molecule has 5 heteroatoms. The fourth-order valence-electron chi connectivity index (χ4n) is 2.47. The van der Waals surface area contributed by atoms with E-state index in [0.29, 0.717) is 12.8 Å². The molecule has 0 aromatic rings. The molecule has 0 radical (unpaired) electrons. The highest BCUT2D eigenvalue weighted by Crippen LogP contribution is 2.60. The zero-order valence-electron chi connectivity index (χ0n) is 7.40. The van der Waals surface area contributed by atoms with Crippen LogP contribution in [0.15, 0.2) is 0 Å². The Labute approximate surface area is 81.3 Å². The lowest BCUT2D eigenvalue weighted by molar-refractivity contribution is -0.00874. The Balaban J connectivity index is 2.63. The standard InChI is InChI=1S/C9H8N4O/c10-3-8-2-1-6(14-7(8)13)9(8,4-11)5-12/h6-7H,1-2,13H2. The average Bonchev–Trinajstić information content (AvgIpc) is 2.65. The summed E-state index contributed by atoms with van der Waals surface area (Å²) in [6, 6.07) is 5.86. The number of fused-ring (bicyclic) bond motifs is 2. The van der Waals surface area contributed by atoms with E-state index < -0.39 is 23.2 Å².